The number of nitrogens with one attached hydrogen (secondary N) is 1. The summed E-state index contributed by atoms with van der Waals surface area (Å²) in [4.78, 5) is 27.8. The molecule has 0 aromatic heterocycles. The van der Waals surface area contributed by atoms with Crippen molar-refractivity contribution in [2.45, 2.75) is 6.04 Å². The molecule has 6 heteroatoms. The van der Waals surface area contributed by atoms with Crippen LogP contribution < -0.4 is 10.2 Å². The van der Waals surface area contributed by atoms with E-state index in [9.17, 15) is 14.0 Å². The number of methoxy groups -OCH3 is 1. The van der Waals surface area contributed by atoms with Gasteiger partial charge in [-0.05, 0) is 42.0 Å². The molecule has 0 bridgehead atoms. The molecule has 1 unspecified atom stereocenters. The average molecular weight is 402 g/mol. The van der Waals surface area contributed by atoms with Crippen LogP contribution in [0.4, 0.5) is 15.8 Å². The highest BCUT2D eigenvalue weighted by atomic mass is 19.1. The fraction of sp³-hybridized carbons (Fsp3) is 0.0833. The maximum atomic E-state index is 13.6. The van der Waals surface area contributed by atoms with Crippen LogP contribution in [0.3, 0.4) is 0 Å². The first-order valence-electron chi connectivity index (χ1n) is 9.39. The first-order valence-corrected chi connectivity index (χ1v) is 9.39. The molecule has 0 fully saturated rings. The number of nitrogens with zero attached hydrogens (tertiary/aromatic N) is 1. The number of carbonyl (C=O) groups excluding carboxylic acids is 2. The number of esters is 1. The number of carbonyl (C=O) groups is 2. The standard InChI is InChI=1S/C24H19FN2O3/c1-30-24(29)20-21(26-18-8-4-2-5-9-18)23(28)27(19-10-6-3-7-11-19)22(20)16-12-14-17(25)15-13-16/h2-15,22,26H,1H3. The summed E-state index contributed by atoms with van der Waals surface area (Å²) in [6.45, 7) is 0. The molecule has 1 aliphatic heterocycles. The normalized spacial score (nSPS) is 16.0. The Morgan fingerprint density at radius 2 is 1.53 bits per heavy atom. The zero-order valence-electron chi connectivity index (χ0n) is 16.2. The van der Waals surface area contributed by atoms with E-state index in [1.54, 1.807) is 36.4 Å². The summed E-state index contributed by atoms with van der Waals surface area (Å²) in [6, 6.07) is 23.1. The van der Waals surface area contributed by atoms with E-state index in [0.29, 0.717) is 16.9 Å². The van der Waals surface area contributed by atoms with Gasteiger partial charge in [-0.2, -0.15) is 0 Å². The Bertz CT molecular complexity index is 1100. The summed E-state index contributed by atoms with van der Waals surface area (Å²) in [6.07, 6.45) is 0. The summed E-state index contributed by atoms with van der Waals surface area (Å²) < 4.78 is 18.6. The van der Waals surface area contributed by atoms with Gasteiger partial charge in [0.2, 0.25) is 0 Å². The van der Waals surface area contributed by atoms with Crippen molar-refractivity contribution in [3.63, 3.8) is 0 Å². The molecule has 1 N–H and O–H groups in total. The molecule has 4 rings (SSSR count). The summed E-state index contributed by atoms with van der Waals surface area (Å²) in [7, 11) is 1.27. The Kier molecular flexibility index (Phi) is 5.30. The maximum Gasteiger partial charge on any atom is 0.338 e. The number of amides is 1. The second kappa shape index (κ2) is 8.21. The topological polar surface area (TPSA) is 58.6 Å². The molecule has 150 valence electrons. The number of benzene rings is 3. The number of hydrogen-bond acceptors (Lipinski definition) is 4. The molecular formula is C24H19FN2O3. The van der Waals surface area contributed by atoms with Crippen molar-refractivity contribution in [2.24, 2.45) is 0 Å². The molecule has 0 saturated carbocycles. The van der Waals surface area contributed by atoms with E-state index >= 15 is 0 Å². The number of halogens is 1. The van der Waals surface area contributed by atoms with Gasteiger partial charge in [0.25, 0.3) is 5.91 Å². The van der Waals surface area contributed by atoms with Crippen molar-refractivity contribution in [1.29, 1.82) is 0 Å². The van der Waals surface area contributed by atoms with Crippen LogP contribution in [0, 0.1) is 5.82 Å². The molecule has 1 heterocycles. The molecular weight excluding hydrogens is 383 g/mol. The number of ether oxygens (including phenoxy) is 1. The number of anilines is 2. The van der Waals surface area contributed by atoms with Crippen molar-refractivity contribution >= 4 is 23.3 Å². The van der Waals surface area contributed by atoms with Crippen LogP contribution in [0.25, 0.3) is 0 Å². The van der Waals surface area contributed by atoms with Gasteiger partial charge in [0.15, 0.2) is 0 Å². The average Bonchev–Trinajstić information content (AvgIpc) is 3.07. The summed E-state index contributed by atoms with van der Waals surface area (Å²) in [5.74, 6) is -1.41. The van der Waals surface area contributed by atoms with Gasteiger partial charge < -0.3 is 10.1 Å². The smallest absolute Gasteiger partial charge is 0.338 e. The van der Waals surface area contributed by atoms with Crippen LogP contribution in [-0.2, 0) is 14.3 Å². The molecule has 1 atom stereocenters. The quantitative estimate of drug-likeness (QED) is 0.641. The molecule has 0 aliphatic carbocycles. The van der Waals surface area contributed by atoms with Crippen LogP contribution in [0.2, 0.25) is 0 Å². The van der Waals surface area contributed by atoms with Crippen LogP contribution in [0.15, 0.2) is 96.2 Å². The largest absolute Gasteiger partial charge is 0.466 e. The van der Waals surface area contributed by atoms with E-state index in [2.05, 4.69) is 5.32 Å². The zero-order valence-corrected chi connectivity index (χ0v) is 16.2. The predicted molar refractivity (Wildman–Crippen MR) is 112 cm³/mol. The van der Waals surface area contributed by atoms with Crippen LogP contribution >= 0.6 is 0 Å². The zero-order chi connectivity index (χ0) is 21.1. The number of rotatable bonds is 5. The monoisotopic (exact) mass is 402 g/mol. The lowest BCUT2D eigenvalue weighted by molar-refractivity contribution is -0.136. The van der Waals surface area contributed by atoms with Gasteiger partial charge in [-0.3, -0.25) is 9.69 Å². The van der Waals surface area contributed by atoms with Crippen LogP contribution in [-0.4, -0.2) is 19.0 Å². The first-order chi connectivity index (χ1) is 14.6. The van der Waals surface area contributed by atoms with E-state index < -0.39 is 17.8 Å². The van der Waals surface area contributed by atoms with Gasteiger partial charge in [0.1, 0.15) is 11.5 Å². The molecule has 1 amide bonds. The van der Waals surface area contributed by atoms with E-state index in [1.807, 2.05) is 36.4 Å². The SMILES string of the molecule is COC(=O)C1=C(Nc2ccccc2)C(=O)N(c2ccccc2)C1c1ccc(F)cc1. The van der Waals surface area contributed by atoms with E-state index in [4.69, 9.17) is 4.74 Å². The first kappa shape index (κ1) is 19.4. The van der Waals surface area contributed by atoms with Gasteiger partial charge in [0.05, 0.1) is 18.7 Å². The highest BCUT2D eigenvalue weighted by Crippen LogP contribution is 2.41. The minimum Gasteiger partial charge on any atom is -0.466 e. The molecule has 5 nitrogen and oxygen atoms in total. The Labute approximate surface area is 173 Å². The molecule has 3 aromatic rings. The Morgan fingerprint density at radius 3 is 2.13 bits per heavy atom. The fourth-order valence-electron chi connectivity index (χ4n) is 3.54. The number of para-hydroxylation sites is 2. The maximum absolute atomic E-state index is 13.6. The third kappa shape index (κ3) is 3.55. The predicted octanol–water partition coefficient (Wildman–Crippen LogP) is 4.45. The lowest BCUT2D eigenvalue weighted by Gasteiger charge is -2.26. The minimum atomic E-state index is -0.765. The van der Waals surface area contributed by atoms with Crippen molar-refractivity contribution in [3.05, 3.63) is 108 Å². The van der Waals surface area contributed by atoms with Crippen molar-refractivity contribution in [3.8, 4) is 0 Å². The highest BCUT2D eigenvalue weighted by Gasteiger charge is 2.45. The molecule has 30 heavy (non-hydrogen) atoms. The van der Waals surface area contributed by atoms with Gasteiger partial charge in [0, 0.05) is 11.4 Å². The highest BCUT2D eigenvalue weighted by molar-refractivity contribution is 6.17. The van der Waals surface area contributed by atoms with Crippen molar-refractivity contribution in [1.82, 2.24) is 0 Å². The van der Waals surface area contributed by atoms with Crippen LogP contribution in [0.5, 0.6) is 0 Å². The lowest BCUT2D eigenvalue weighted by Crippen LogP contribution is -2.31. The third-order valence-corrected chi connectivity index (χ3v) is 4.90. The summed E-state index contributed by atoms with van der Waals surface area (Å²) in [5.41, 5.74) is 2.17. The molecule has 1 aliphatic rings. The Balaban J connectivity index is 1.90. The molecule has 0 saturated heterocycles. The third-order valence-electron chi connectivity index (χ3n) is 4.90. The summed E-state index contributed by atoms with van der Waals surface area (Å²) in [5, 5.41) is 3.08. The van der Waals surface area contributed by atoms with Crippen molar-refractivity contribution in [2.75, 3.05) is 17.3 Å². The van der Waals surface area contributed by atoms with Gasteiger partial charge in [-0.15, -0.1) is 0 Å². The van der Waals surface area contributed by atoms with Gasteiger partial charge in [-0.1, -0.05) is 48.5 Å². The molecule has 3 aromatic carbocycles. The summed E-state index contributed by atoms with van der Waals surface area (Å²) >= 11 is 0. The van der Waals surface area contributed by atoms with Crippen molar-refractivity contribution < 1.29 is 18.7 Å². The second-order valence-corrected chi connectivity index (χ2v) is 6.74. The Morgan fingerprint density at radius 1 is 0.933 bits per heavy atom. The minimum absolute atomic E-state index is 0.131. The van der Waals surface area contributed by atoms with Crippen LogP contribution in [0.1, 0.15) is 11.6 Å². The van der Waals surface area contributed by atoms with E-state index in [0.717, 1.165) is 0 Å². The van der Waals surface area contributed by atoms with E-state index in [1.165, 1.54) is 24.1 Å². The second-order valence-electron chi connectivity index (χ2n) is 6.74. The van der Waals surface area contributed by atoms with Gasteiger partial charge in [-0.25, -0.2) is 9.18 Å². The Hall–Kier alpha value is -3.93. The molecule has 0 radical (unpaired) electrons. The lowest BCUT2D eigenvalue weighted by atomic mass is 9.98. The fourth-order valence-corrected chi connectivity index (χ4v) is 3.54. The van der Waals surface area contributed by atoms with E-state index in [-0.39, 0.29) is 17.2 Å². The van der Waals surface area contributed by atoms with Gasteiger partial charge >= 0.3 is 5.97 Å². The number of hydrogen-bond donors (Lipinski definition) is 1. The molecule has 0 spiro atoms.